The fourth-order valence-corrected chi connectivity index (χ4v) is 1.42. The second-order valence-electron chi connectivity index (χ2n) is 3.55. The zero-order valence-electron chi connectivity index (χ0n) is 9.43. The van der Waals surface area contributed by atoms with Crippen molar-refractivity contribution >= 4 is 5.69 Å². The molecule has 2 aromatic rings. The van der Waals surface area contributed by atoms with Crippen LogP contribution in [0.5, 0.6) is 11.6 Å². The number of hydrogen-bond donors (Lipinski definition) is 2. The van der Waals surface area contributed by atoms with Crippen LogP contribution in [0.1, 0.15) is 12.5 Å². The van der Waals surface area contributed by atoms with E-state index in [1.807, 2.05) is 18.2 Å². The summed E-state index contributed by atoms with van der Waals surface area (Å²) in [6, 6.07) is 7.57. The predicted octanol–water partition coefficient (Wildman–Crippen LogP) is 1.71. The molecule has 1 aromatic heterocycles. The molecule has 0 bridgehead atoms. The fraction of sp³-hybridized carbons (Fsp3) is 0.167. The maximum atomic E-state index is 11.3. The van der Waals surface area contributed by atoms with Gasteiger partial charge in [-0.25, -0.2) is 4.98 Å². The standard InChI is InChI=1S/C12H13N3O2/c1-2-8-4-3-5-9(6-8)17-12-10(13)11(16)14-7-15-12/h3-7H,2,13H2,1H3,(H,14,15,16). The van der Waals surface area contributed by atoms with Crippen molar-refractivity contribution in [3.8, 4) is 11.6 Å². The molecule has 0 aliphatic rings. The molecule has 0 saturated heterocycles. The number of aromatic amines is 1. The van der Waals surface area contributed by atoms with Crippen molar-refractivity contribution < 1.29 is 4.74 Å². The lowest BCUT2D eigenvalue weighted by Crippen LogP contribution is -2.13. The molecule has 88 valence electrons. The second kappa shape index (κ2) is 4.69. The van der Waals surface area contributed by atoms with Gasteiger partial charge in [-0.1, -0.05) is 19.1 Å². The van der Waals surface area contributed by atoms with Crippen molar-refractivity contribution in [2.75, 3.05) is 5.73 Å². The number of ether oxygens (including phenoxy) is 1. The monoisotopic (exact) mass is 231 g/mol. The van der Waals surface area contributed by atoms with Crippen molar-refractivity contribution in [1.82, 2.24) is 9.97 Å². The van der Waals surface area contributed by atoms with E-state index in [0.717, 1.165) is 12.0 Å². The van der Waals surface area contributed by atoms with Gasteiger partial charge in [0.25, 0.3) is 5.56 Å². The fourth-order valence-electron chi connectivity index (χ4n) is 1.42. The first-order valence-corrected chi connectivity index (χ1v) is 5.30. The van der Waals surface area contributed by atoms with Crippen LogP contribution in [0.2, 0.25) is 0 Å². The van der Waals surface area contributed by atoms with Crippen LogP contribution < -0.4 is 16.0 Å². The summed E-state index contributed by atoms with van der Waals surface area (Å²) in [4.78, 5) is 17.5. The number of nitrogens with zero attached hydrogens (tertiary/aromatic N) is 1. The number of nitrogens with two attached hydrogens (primary N) is 1. The molecular weight excluding hydrogens is 218 g/mol. The Hall–Kier alpha value is -2.30. The molecule has 0 radical (unpaired) electrons. The summed E-state index contributed by atoms with van der Waals surface area (Å²) in [5.41, 5.74) is 6.29. The average Bonchev–Trinajstić information content (AvgIpc) is 2.35. The molecule has 5 heteroatoms. The van der Waals surface area contributed by atoms with Gasteiger partial charge in [0.2, 0.25) is 5.88 Å². The molecule has 5 nitrogen and oxygen atoms in total. The van der Waals surface area contributed by atoms with Crippen LogP contribution in [-0.2, 0) is 6.42 Å². The molecule has 0 fully saturated rings. The number of benzene rings is 1. The number of anilines is 1. The molecule has 2 rings (SSSR count). The highest BCUT2D eigenvalue weighted by molar-refractivity contribution is 5.47. The summed E-state index contributed by atoms with van der Waals surface area (Å²) in [6.07, 6.45) is 2.17. The minimum atomic E-state index is -0.401. The van der Waals surface area contributed by atoms with Crippen molar-refractivity contribution in [3.63, 3.8) is 0 Å². The Kier molecular flexibility index (Phi) is 3.09. The summed E-state index contributed by atoms with van der Waals surface area (Å²) in [5.74, 6) is 0.746. The number of hydrogen-bond acceptors (Lipinski definition) is 4. The molecule has 1 aromatic carbocycles. The highest BCUT2D eigenvalue weighted by Gasteiger charge is 2.06. The Bertz CT molecular complexity index is 578. The van der Waals surface area contributed by atoms with Crippen LogP contribution in [0.4, 0.5) is 5.69 Å². The van der Waals surface area contributed by atoms with Crippen molar-refractivity contribution in [2.24, 2.45) is 0 Å². The van der Waals surface area contributed by atoms with Gasteiger partial charge in [-0.05, 0) is 24.1 Å². The highest BCUT2D eigenvalue weighted by Crippen LogP contribution is 2.22. The topological polar surface area (TPSA) is 81.0 Å². The summed E-state index contributed by atoms with van der Waals surface area (Å²) < 4.78 is 5.48. The van der Waals surface area contributed by atoms with Gasteiger partial charge >= 0.3 is 0 Å². The molecule has 0 amide bonds. The van der Waals surface area contributed by atoms with E-state index in [1.54, 1.807) is 6.07 Å². The van der Waals surface area contributed by atoms with Crippen molar-refractivity contribution in [1.29, 1.82) is 0 Å². The molecule has 3 N–H and O–H groups in total. The summed E-state index contributed by atoms with van der Waals surface area (Å²) in [6.45, 7) is 2.05. The van der Waals surface area contributed by atoms with E-state index >= 15 is 0 Å². The van der Waals surface area contributed by atoms with Gasteiger partial charge in [0.05, 0.1) is 6.33 Å². The van der Waals surface area contributed by atoms with E-state index < -0.39 is 5.56 Å². The van der Waals surface area contributed by atoms with Gasteiger partial charge < -0.3 is 15.5 Å². The van der Waals surface area contributed by atoms with Crippen LogP contribution in [0.3, 0.4) is 0 Å². The van der Waals surface area contributed by atoms with Gasteiger partial charge in [-0.3, -0.25) is 4.79 Å². The lowest BCUT2D eigenvalue weighted by Gasteiger charge is -2.07. The number of rotatable bonds is 3. The number of aromatic nitrogens is 2. The Morgan fingerprint density at radius 2 is 2.29 bits per heavy atom. The molecule has 0 aliphatic carbocycles. The third kappa shape index (κ3) is 2.44. The van der Waals surface area contributed by atoms with Gasteiger partial charge in [-0.15, -0.1) is 0 Å². The molecule has 0 spiro atoms. The molecular formula is C12H13N3O2. The quantitative estimate of drug-likeness (QED) is 0.842. The minimum Gasteiger partial charge on any atom is -0.437 e. The third-order valence-corrected chi connectivity index (χ3v) is 2.37. The van der Waals surface area contributed by atoms with Gasteiger partial charge in [-0.2, -0.15) is 0 Å². The first-order valence-electron chi connectivity index (χ1n) is 5.30. The van der Waals surface area contributed by atoms with Gasteiger partial charge in [0.15, 0.2) is 5.69 Å². The minimum absolute atomic E-state index is 0.0191. The molecule has 0 aliphatic heterocycles. The van der Waals surface area contributed by atoms with Crippen LogP contribution >= 0.6 is 0 Å². The number of aryl methyl sites for hydroxylation is 1. The predicted molar refractivity (Wildman–Crippen MR) is 65.2 cm³/mol. The first-order chi connectivity index (χ1) is 8.20. The largest absolute Gasteiger partial charge is 0.437 e. The third-order valence-electron chi connectivity index (χ3n) is 2.37. The lowest BCUT2D eigenvalue weighted by atomic mass is 10.2. The van der Waals surface area contributed by atoms with E-state index in [9.17, 15) is 4.79 Å². The van der Waals surface area contributed by atoms with Gasteiger partial charge in [0.1, 0.15) is 5.75 Å². The normalized spacial score (nSPS) is 10.2. The maximum absolute atomic E-state index is 11.3. The zero-order valence-corrected chi connectivity index (χ0v) is 9.43. The average molecular weight is 231 g/mol. The van der Waals surface area contributed by atoms with Crippen LogP contribution in [-0.4, -0.2) is 9.97 Å². The lowest BCUT2D eigenvalue weighted by molar-refractivity contribution is 0.463. The van der Waals surface area contributed by atoms with Crippen molar-refractivity contribution in [3.05, 3.63) is 46.5 Å². The summed E-state index contributed by atoms with van der Waals surface area (Å²) in [7, 11) is 0. The highest BCUT2D eigenvalue weighted by atomic mass is 16.5. The smallest absolute Gasteiger partial charge is 0.277 e. The molecule has 1 heterocycles. The molecule has 17 heavy (non-hydrogen) atoms. The Balaban J connectivity index is 2.31. The van der Waals surface area contributed by atoms with Crippen LogP contribution in [0.25, 0.3) is 0 Å². The Morgan fingerprint density at radius 1 is 1.47 bits per heavy atom. The maximum Gasteiger partial charge on any atom is 0.277 e. The summed E-state index contributed by atoms with van der Waals surface area (Å²) in [5, 5.41) is 0. The Morgan fingerprint density at radius 3 is 3.06 bits per heavy atom. The van der Waals surface area contributed by atoms with E-state index in [2.05, 4.69) is 16.9 Å². The van der Waals surface area contributed by atoms with E-state index in [0.29, 0.717) is 5.75 Å². The molecule has 0 unspecified atom stereocenters. The number of nitrogen functional groups attached to an aromatic ring is 1. The Labute approximate surface area is 98.3 Å². The van der Waals surface area contributed by atoms with E-state index in [-0.39, 0.29) is 11.6 Å². The SMILES string of the molecule is CCc1cccc(Oc2nc[nH]c(=O)c2N)c1. The van der Waals surface area contributed by atoms with E-state index in [1.165, 1.54) is 6.33 Å². The van der Waals surface area contributed by atoms with Crippen LogP contribution in [0.15, 0.2) is 35.4 Å². The van der Waals surface area contributed by atoms with E-state index in [4.69, 9.17) is 10.5 Å². The summed E-state index contributed by atoms with van der Waals surface area (Å²) >= 11 is 0. The number of H-pyrrole nitrogens is 1. The van der Waals surface area contributed by atoms with Crippen LogP contribution in [0, 0.1) is 0 Å². The van der Waals surface area contributed by atoms with Crippen molar-refractivity contribution in [2.45, 2.75) is 13.3 Å². The van der Waals surface area contributed by atoms with Gasteiger partial charge in [0, 0.05) is 0 Å². The first kappa shape index (κ1) is 11.2. The number of nitrogens with one attached hydrogen (secondary N) is 1. The second-order valence-corrected chi connectivity index (χ2v) is 3.55. The molecule has 0 saturated carbocycles. The zero-order chi connectivity index (χ0) is 12.3. The molecule has 0 atom stereocenters.